The number of nitrogens with zero attached hydrogens (tertiary/aromatic N) is 3. The fourth-order valence-electron chi connectivity index (χ4n) is 2.07. The molecule has 0 fully saturated rings. The number of aliphatic imine (C=N–C) groups is 1. The summed E-state index contributed by atoms with van der Waals surface area (Å²) in [5.41, 5.74) is 1.16. The number of thiazole rings is 2. The topological polar surface area (TPSA) is 62.2 Å². The number of nitrogens with one attached hydrogen (secondary N) is 2. The van der Waals surface area contributed by atoms with Crippen molar-refractivity contribution in [2.75, 3.05) is 20.1 Å². The molecule has 2 N–H and O–H groups in total. The third-order valence-electron chi connectivity index (χ3n) is 3.38. The van der Waals surface area contributed by atoms with Crippen molar-refractivity contribution in [3.05, 3.63) is 32.2 Å². The fraction of sp³-hybridized carbons (Fsp3) is 0.562. The molecule has 23 heavy (non-hydrogen) atoms. The molecule has 0 spiro atoms. The predicted molar refractivity (Wildman–Crippen MR) is 99.8 cm³/mol. The second-order valence-electron chi connectivity index (χ2n) is 5.09. The first-order valence-electron chi connectivity index (χ1n) is 8.06. The van der Waals surface area contributed by atoms with Crippen molar-refractivity contribution in [2.24, 2.45) is 4.99 Å². The van der Waals surface area contributed by atoms with Crippen LogP contribution >= 0.6 is 22.7 Å². The lowest BCUT2D eigenvalue weighted by atomic mass is 10.3. The van der Waals surface area contributed by atoms with E-state index in [1.165, 1.54) is 14.9 Å². The normalized spacial score (nSPS) is 11.7. The molecular formula is C16H25N5S2. The van der Waals surface area contributed by atoms with Gasteiger partial charge in [0.05, 0.1) is 15.7 Å². The molecule has 0 saturated heterocycles. The van der Waals surface area contributed by atoms with Gasteiger partial charge in [-0.2, -0.15) is 0 Å². The van der Waals surface area contributed by atoms with Gasteiger partial charge in [0.1, 0.15) is 0 Å². The summed E-state index contributed by atoms with van der Waals surface area (Å²) >= 11 is 3.53. The van der Waals surface area contributed by atoms with E-state index in [4.69, 9.17) is 0 Å². The van der Waals surface area contributed by atoms with Gasteiger partial charge in [0.15, 0.2) is 5.96 Å². The lowest BCUT2D eigenvalue weighted by molar-refractivity contribution is 0.775. The molecule has 0 radical (unpaired) electrons. The van der Waals surface area contributed by atoms with Crippen LogP contribution in [0.1, 0.15) is 34.4 Å². The van der Waals surface area contributed by atoms with Crippen molar-refractivity contribution in [3.8, 4) is 0 Å². The Hall–Kier alpha value is -1.47. The molecule has 2 aromatic rings. The van der Waals surface area contributed by atoms with Gasteiger partial charge in [0, 0.05) is 49.4 Å². The van der Waals surface area contributed by atoms with Crippen molar-refractivity contribution in [3.63, 3.8) is 0 Å². The van der Waals surface area contributed by atoms with Crippen molar-refractivity contribution in [1.29, 1.82) is 0 Å². The lowest BCUT2D eigenvalue weighted by Gasteiger charge is -2.10. The summed E-state index contributed by atoms with van der Waals surface area (Å²) in [6, 6.07) is 0. The van der Waals surface area contributed by atoms with E-state index < -0.39 is 0 Å². The summed E-state index contributed by atoms with van der Waals surface area (Å²) < 4.78 is 0. The number of aryl methyl sites for hydroxylation is 2. The van der Waals surface area contributed by atoms with E-state index in [1.54, 1.807) is 29.7 Å². The maximum absolute atomic E-state index is 4.57. The predicted octanol–water partition coefficient (Wildman–Crippen LogP) is 2.67. The highest BCUT2D eigenvalue weighted by atomic mass is 32.1. The van der Waals surface area contributed by atoms with E-state index in [0.717, 1.165) is 50.4 Å². The largest absolute Gasteiger partial charge is 0.356 e. The van der Waals surface area contributed by atoms with Gasteiger partial charge in [0.2, 0.25) is 0 Å². The van der Waals surface area contributed by atoms with Gasteiger partial charge in [-0.1, -0.05) is 13.8 Å². The first kappa shape index (κ1) is 17.9. The highest BCUT2D eigenvalue weighted by molar-refractivity contribution is 7.11. The molecule has 0 aliphatic carbocycles. The summed E-state index contributed by atoms with van der Waals surface area (Å²) in [6.07, 6.45) is 5.90. The van der Waals surface area contributed by atoms with Crippen molar-refractivity contribution >= 4 is 28.6 Å². The van der Waals surface area contributed by atoms with Crippen LogP contribution in [0.25, 0.3) is 0 Å². The molecule has 0 aromatic carbocycles. The minimum Gasteiger partial charge on any atom is -0.356 e. The molecule has 2 aromatic heterocycles. The van der Waals surface area contributed by atoms with Gasteiger partial charge < -0.3 is 10.6 Å². The Bertz CT molecular complexity index is 567. The number of guanidine groups is 1. The first-order valence-corrected chi connectivity index (χ1v) is 9.76. The minimum absolute atomic E-state index is 0.836. The number of hydrogen-bond donors (Lipinski definition) is 2. The fourth-order valence-corrected chi connectivity index (χ4v) is 3.71. The second kappa shape index (κ2) is 9.62. The zero-order chi connectivity index (χ0) is 16.5. The molecule has 0 saturated carbocycles. The van der Waals surface area contributed by atoms with E-state index >= 15 is 0 Å². The summed E-state index contributed by atoms with van der Waals surface area (Å²) in [7, 11) is 1.80. The Labute approximate surface area is 146 Å². The van der Waals surface area contributed by atoms with Crippen LogP contribution in [0.3, 0.4) is 0 Å². The van der Waals surface area contributed by atoms with Crippen LogP contribution < -0.4 is 10.6 Å². The minimum atomic E-state index is 0.836. The van der Waals surface area contributed by atoms with Crippen LogP contribution in [-0.4, -0.2) is 36.1 Å². The van der Waals surface area contributed by atoms with Gasteiger partial charge in [-0.25, -0.2) is 9.97 Å². The quantitative estimate of drug-likeness (QED) is 0.567. The van der Waals surface area contributed by atoms with Gasteiger partial charge in [-0.15, -0.1) is 22.7 Å². The van der Waals surface area contributed by atoms with Gasteiger partial charge >= 0.3 is 0 Å². The van der Waals surface area contributed by atoms with E-state index in [2.05, 4.69) is 44.8 Å². The lowest BCUT2D eigenvalue weighted by Crippen LogP contribution is -2.39. The Morgan fingerprint density at radius 2 is 1.91 bits per heavy atom. The molecule has 0 atom stereocenters. The first-order chi connectivity index (χ1) is 11.2. The second-order valence-corrected chi connectivity index (χ2v) is 7.23. The standard InChI is InChI=1S/C16H25N5S2/c1-4-13-10-20-15(23-13)7-9-19-16(17-3)18-8-6-12-11-22-14(5-2)21-12/h10-11H,4-9H2,1-3H3,(H2,17,18,19). The zero-order valence-corrected chi connectivity index (χ0v) is 15.7. The van der Waals surface area contributed by atoms with Gasteiger partial charge in [-0.05, 0) is 12.8 Å². The van der Waals surface area contributed by atoms with Crippen LogP contribution in [0, 0.1) is 0 Å². The van der Waals surface area contributed by atoms with Crippen LogP contribution in [0.4, 0.5) is 0 Å². The maximum atomic E-state index is 4.57. The Morgan fingerprint density at radius 1 is 1.13 bits per heavy atom. The van der Waals surface area contributed by atoms with Crippen LogP contribution in [-0.2, 0) is 25.7 Å². The van der Waals surface area contributed by atoms with Crippen molar-refractivity contribution in [2.45, 2.75) is 39.5 Å². The smallest absolute Gasteiger partial charge is 0.191 e. The van der Waals surface area contributed by atoms with Crippen molar-refractivity contribution < 1.29 is 0 Å². The zero-order valence-electron chi connectivity index (χ0n) is 14.1. The third-order valence-corrected chi connectivity index (χ3v) is 5.62. The number of hydrogen-bond acceptors (Lipinski definition) is 5. The molecule has 0 amide bonds. The van der Waals surface area contributed by atoms with Gasteiger partial charge in [-0.3, -0.25) is 4.99 Å². The highest BCUT2D eigenvalue weighted by Gasteiger charge is 2.03. The van der Waals surface area contributed by atoms with E-state index in [1.807, 2.05) is 6.20 Å². The molecule has 7 heteroatoms. The SMILES string of the molecule is CCc1cnc(CCNC(=NC)NCCc2csc(CC)n2)s1. The summed E-state index contributed by atoms with van der Waals surface area (Å²) in [4.78, 5) is 14.6. The molecule has 0 bridgehead atoms. The van der Waals surface area contributed by atoms with E-state index in [-0.39, 0.29) is 0 Å². The summed E-state index contributed by atoms with van der Waals surface area (Å²) in [6.45, 7) is 5.97. The summed E-state index contributed by atoms with van der Waals surface area (Å²) in [5, 5.41) is 11.2. The maximum Gasteiger partial charge on any atom is 0.191 e. The molecule has 0 aliphatic rings. The molecule has 0 unspecified atom stereocenters. The number of rotatable bonds is 8. The average Bonchev–Trinajstić information content (AvgIpc) is 3.22. The van der Waals surface area contributed by atoms with Crippen LogP contribution in [0.2, 0.25) is 0 Å². The van der Waals surface area contributed by atoms with E-state index in [9.17, 15) is 0 Å². The Balaban J connectivity index is 1.66. The van der Waals surface area contributed by atoms with Crippen molar-refractivity contribution in [1.82, 2.24) is 20.6 Å². The number of aromatic nitrogens is 2. The average molecular weight is 352 g/mol. The monoisotopic (exact) mass is 351 g/mol. The molecule has 0 aliphatic heterocycles. The van der Waals surface area contributed by atoms with Crippen LogP contribution in [0.5, 0.6) is 0 Å². The van der Waals surface area contributed by atoms with Crippen LogP contribution in [0.15, 0.2) is 16.6 Å². The molecule has 2 rings (SSSR count). The van der Waals surface area contributed by atoms with E-state index in [0.29, 0.717) is 0 Å². The Kier molecular flexibility index (Phi) is 7.48. The third kappa shape index (κ3) is 5.91. The highest BCUT2D eigenvalue weighted by Crippen LogP contribution is 2.13. The molecule has 126 valence electrons. The molecule has 5 nitrogen and oxygen atoms in total. The Morgan fingerprint density at radius 3 is 2.52 bits per heavy atom. The molecule has 2 heterocycles. The van der Waals surface area contributed by atoms with Gasteiger partial charge in [0.25, 0.3) is 0 Å². The summed E-state index contributed by atoms with van der Waals surface area (Å²) in [5.74, 6) is 0.836. The molecular weight excluding hydrogens is 326 g/mol.